The first-order valence-electron chi connectivity index (χ1n) is 8.12. The fourth-order valence-corrected chi connectivity index (χ4v) is 3.02. The summed E-state index contributed by atoms with van der Waals surface area (Å²) in [6.07, 6.45) is 1.55. The van der Waals surface area contributed by atoms with E-state index in [2.05, 4.69) is 15.0 Å². The molecule has 4 rings (SSSR count). The first kappa shape index (κ1) is 16.4. The van der Waals surface area contributed by atoms with Crippen LogP contribution in [0.4, 0.5) is 5.82 Å². The first-order valence-corrected chi connectivity index (χ1v) is 8.12. The normalized spacial score (nSPS) is 22.6. The van der Waals surface area contributed by atoms with Gasteiger partial charge in [-0.05, 0) is 12.1 Å². The summed E-state index contributed by atoms with van der Waals surface area (Å²) in [7, 11) is 0. The van der Waals surface area contributed by atoms with Crippen molar-refractivity contribution in [2.24, 2.45) is 0 Å². The van der Waals surface area contributed by atoms with Crippen LogP contribution in [0.5, 0.6) is 0 Å². The molecule has 1 aliphatic rings. The average molecular weight is 355 g/mol. The topological polar surface area (TPSA) is 125 Å². The summed E-state index contributed by atoms with van der Waals surface area (Å²) in [4.78, 5) is 24.6. The van der Waals surface area contributed by atoms with Gasteiger partial charge in [-0.1, -0.05) is 18.2 Å². The highest BCUT2D eigenvalue weighted by atomic mass is 16.6. The lowest BCUT2D eigenvalue weighted by atomic mass is 10.1. The van der Waals surface area contributed by atoms with Crippen LogP contribution in [0.3, 0.4) is 0 Å². The van der Waals surface area contributed by atoms with E-state index in [1.165, 1.54) is 6.33 Å². The number of carbonyl (C=O) groups is 1. The van der Waals surface area contributed by atoms with E-state index in [9.17, 15) is 9.90 Å². The Kier molecular flexibility index (Phi) is 4.23. The fourth-order valence-electron chi connectivity index (χ4n) is 3.02. The Morgan fingerprint density at radius 1 is 1.31 bits per heavy atom. The number of imidazole rings is 1. The van der Waals surface area contributed by atoms with Crippen LogP contribution >= 0.6 is 0 Å². The highest BCUT2D eigenvalue weighted by Gasteiger charge is 2.39. The van der Waals surface area contributed by atoms with Crippen LogP contribution in [0.25, 0.3) is 11.2 Å². The van der Waals surface area contributed by atoms with Crippen LogP contribution in [0, 0.1) is 0 Å². The number of aliphatic hydroxyl groups is 1. The molecule has 9 heteroatoms. The van der Waals surface area contributed by atoms with Gasteiger partial charge < -0.3 is 20.3 Å². The average Bonchev–Trinajstić information content (AvgIpc) is 3.27. The molecule has 3 atom stereocenters. The molecule has 0 spiro atoms. The predicted octanol–water partition coefficient (Wildman–Crippen LogP) is 0.914. The molecule has 1 fully saturated rings. The molecular formula is C17H17N5O4. The van der Waals surface area contributed by atoms with E-state index >= 15 is 0 Å². The predicted molar refractivity (Wildman–Crippen MR) is 91.0 cm³/mol. The van der Waals surface area contributed by atoms with Gasteiger partial charge in [0.15, 0.2) is 11.5 Å². The summed E-state index contributed by atoms with van der Waals surface area (Å²) in [6.45, 7) is -0.271. The number of hydrogen-bond acceptors (Lipinski definition) is 8. The lowest BCUT2D eigenvalue weighted by Crippen LogP contribution is -2.30. The molecule has 1 aromatic carbocycles. The first-order chi connectivity index (χ1) is 12.7. The van der Waals surface area contributed by atoms with Crippen LogP contribution in [0.2, 0.25) is 0 Å². The van der Waals surface area contributed by atoms with Crippen molar-refractivity contribution in [3.8, 4) is 0 Å². The second kappa shape index (κ2) is 6.70. The molecular weight excluding hydrogens is 338 g/mol. The monoisotopic (exact) mass is 355 g/mol. The minimum absolute atomic E-state index is 0.271. The Morgan fingerprint density at radius 2 is 2.12 bits per heavy atom. The number of anilines is 1. The summed E-state index contributed by atoms with van der Waals surface area (Å²) in [5, 5.41) is 9.61. The number of hydrogen-bond donors (Lipinski definition) is 2. The summed E-state index contributed by atoms with van der Waals surface area (Å²) >= 11 is 0. The maximum atomic E-state index is 12.3. The van der Waals surface area contributed by atoms with Crippen molar-refractivity contribution in [2.75, 3.05) is 12.3 Å². The van der Waals surface area contributed by atoms with Crippen LogP contribution in [0.15, 0.2) is 43.0 Å². The summed E-state index contributed by atoms with van der Waals surface area (Å²) in [5.74, 6) is -0.183. The molecule has 26 heavy (non-hydrogen) atoms. The number of ether oxygens (including phenoxy) is 2. The zero-order valence-electron chi connectivity index (χ0n) is 13.7. The minimum Gasteiger partial charge on any atom is -0.456 e. The van der Waals surface area contributed by atoms with E-state index in [-0.39, 0.29) is 12.4 Å². The van der Waals surface area contributed by atoms with Gasteiger partial charge in [-0.15, -0.1) is 0 Å². The van der Waals surface area contributed by atoms with E-state index in [4.69, 9.17) is 15.2 Å². The van der Waals surface area contributed by atoms with Gasteiger partial charge in [0.1, 0.15) is 30.3 Å². The summed E-state index contributed by atoms with van der Waals surface area (Å²) in [5.41, 5.74) is 7.24. The van der Waals surface area contributed by atoms with E-state index in [0.717, 1.165) is 0 Å². The van der Waals surface area contributed by atoms with Gasteiger partial charge in [-0.3, -0.25) is 4.57 Å². The third-order valence-electron chi connectivity index (χ3n) is 4.33. The minimum atomic E-state index is -0.635. The molecule has 9 nitrogen and oxygen atoms in total. The highest BCUT2D eigenvalue weighted by Crippen LogP contribution is 2.33. The number of aliphatic hydroxyl groups excluding tert-OH is 1. The number of rotatable bonds is 4. The van der Waals surface area contributed by atoms with E-state index < -0.39 is 24.4 Å². The van der Waals surface area contributed by atoms with Gasteiger partial charge in [0, 0.05) is 6.42 Å². The Labute approximate surface area is 148 Å². The van der Waals surface area contributed by atoms with Crippen LogP contribution in [-0.4, -0.2) is 49.4 Å². The maximum absolute atomic E-state index is 12.3. The summed E-state index contributed by atoms with van der Waals surface area (Å²) < 4.78 is 13.1. The van der Waals surface area contributed by atoms with Crippen molar-refractivity contribution >= 4 is 23.0 Å². The second-order valence-corrected chi connectivity index (χ2v) is 5.94. The van der Waals surface area contributed by atoms with E-state index in [1.54, 1.807) is 35.2 Å². The molecule has 0 bridgehead atoms. The third kappa shape index (κ3) is 2.87. The van der Waals surface area contributed by atoms with Gasteiger partial charge in [0.25, 0.3) is 0 Å². The molecule has 3 aromatic rings. The number of nitrogen functional groups attached to an aromatic ring is 1. The molecule has 0 aliphatic carbocycles. The molecule has 1 saturated heterocycles. The zero-order chi connectivity index (χ0) is 18.1. The van der Waals surface area contributed by atoms with Crippen molar-refractivity contribution in [2.45, 2.75) is 24.9 Å². The molecule has 0 unspecified atom stereocenters. The molecule has 1 aliphatic heterocycles. The van der Waals surface area contributed by atoms with Crippen molar-refractivity contribution in [1.82, 2.24) is 19.5 Å². The van der Waals surface area contributed by atoms with Crippen molar-refractivity contribution in [3.05, 3.63) is 48.5 Å². The lowest BCUT2D eigenvalue weighted by molar-refractivity contribution is -0.0500. The molecule has 2 aromatic heterocycles. The Balaban J connectivity index is 1.55. The standard InChI is InChI=1S/C17H17N5O4/c18-15-14-16(20-8-19-15)22(9-21-14)13-6-11(12(7-23)25-13)26-17(24)10-4-2-1-3-5-10/h1-5,8-9,11-13,23H,6-7H2,(H2,18,19,20)/t11-,12+,13+/m0/s1. The number of nitrogens with zero attached hydrogens (tertiary/aromatic N) is 4. The smallest absolute Gasteiger partial charge is 0.338 e. The van der Waals surface area contributed by atoms with Gasteiger partial charge in [0.2, 0.25) is 0 Å². The van der Waals surface area contributed by atoms with Crippen LogP contribution in [0.1, 0.15) is 23.0 Å². The summed E-state index contributed by atoms with van der Waals surface area (Å²) in [6, 6.07) is 8.69. The largest absolute Gasteiger partial charge is 0.456 e. The van der Waals surface area contributed by atoms with E-state index in [1.807, 2.05) is 6.07 Å². The maximum Gasteiger partial charge on any atom is 0.338 e. The van der Waals surface area contributed by atoms with Crippen molar-refractivity contribution in [1.29, 1.82) is 0 Å². The number of carbonyl (C=O) groups excluding carboxylic acids is 1. The zero-order valence-corrected chi connectivity index (χ0v) is 13.7. The lowest BCUT2D eigenvalue weighted by Gasteiger charge is -2.16. The third-order valence-corrected chi connectivity index (χ3v) is 4.33. The van der Waals surface area contributed by atoms with Gasteiger partial charge in [-0.25, -0.2) is 19.7 Å². The molecule has 0 radical (unpaired) electrons. The molecule has 0 saturated carbocycles. The quantitative estimate of drug-likeness (QED) is 0.662. The number of benzene rings is 1. The fraction of sp³-hybridized carbons (Fsp3) is 0.294. The Hall–Kier alpha value is -3.04. The second-order valence-electron chi connectivity index (χ2n) is 5.94. The molecule has 0 amide bonds. The molecule has 3 heterocycles. The van der Waals surface area contributed by atoms with Crippen LogP contribution in [-0.2, 0) is 9.47 Å². The van der Waals surface area contributed by atoms with Gasteiger partial charge >= 0.3 is 5.97 Å². The SMILES string of the molecule is Nc1ncnc2c1ncn2[C@H]1C[C@H](OC(=O)c2ccccc2)[C@@H](CO)O1. The number of nitrogens with two attached hydrogens (primary N) is 1. The Bertz CT molecular complexity index is 929. The van der Waals surface area contributed by atoms with Crippen molar-refractivity contribution < 1.29 is 19.4 Å². The molecule has 3 N–H and O–H groups in total. The van der Waals surface area contributed by atoms with Gasteiger partial charge in [0.05, 0.1) is 18.5 Å². The highest BCUT2D eigenvalue weighted by molar-refractivity contribution is 5.89. The van der Waals surface area contributed by atoms with Crippen LogP contribution < -0.4 is 5.73 Å². The van der Waals surface area contributed by atoms with Gasteiger partial charge in [-0.2, -0.15) is 0 Å². The Morgan fingerprint density at radius 3 is 2.88 bits per heavy atom. The molecule has 134 valence electrons. The van der Waals surface area contributed by atoms with Crippen molar-refractivity contribution in [3.63, 3.8) is 0 Å². The number of aromatic nitrogens is 4. The van der Waals surface area contributed by atoms with E-state index in [0.29, 0.717) is 23.1 Å². The number of esters is 1. The number of fused-ring (bicyclic) bond motifs is 1.